The van der Waals surface area contributed by atoms with Crippen LogP contribution < -0.4 is 9.80 Å². The summed E-state index contributed by atoms with van der Waals surface area (Å²) in [5.74, 6) is 1.20. The molecule has 0 aromatic heterocycles. The third kappa shape index (κ3) is 6.36. The van der Waals surface area contributed by atoms with Crippen molar-refractivity contribution >= 4 is 88.0 Å². The molecule has 0 heterocycles. The lowest BCUT2D eigenvalue weighted by molar-refractivity contribution is 0.475. The van der Waals surface area contributed by atoms with Gasteiger partial charge in [0.2, 0.25) is 0 Å². The molecule has 1 aliphatic rings. The summed E-state index contributed by atoms with van der Waals surface area (Å²) < 4.78 is 0. The van der Waals surface area contributed by atoms with E-state index in [4.69, 9.17) is 0 Å². The number of nitrogens with zero attached hydrogens (tertiary/aromatic N) is 2. The van der Waals surface area contributed by atoms with Crippen molar-refractivity contribution in [1.29, 1.82) is 0 Å². The van der Waals surface area contributed by atoms with Crippen LogP contribution in [0, 0.1) is 0 Å². The Morgan fingerprint density at radius 3 is 1.44 bits per heavy atom. The van der Waals surface area contributed by atoms with Gasteiger partial charge >= 0.3 is 0 Å². The first-order chi connectivity index (χ1) is 31.0. The summed E-state index contributed by atoms with van der Waals surface area (Å²) >= 11 is 0. The molecule has 0 radical (unpaired) electrons. The second-order valence-electron chi connectivity index (χ2n) is 20.0. The van der Waals surface area contributed by atoms with E-state index >= 15 is 0 Å². The molecule has 0 fully saturated rings. The fraction of sp³-hybridized carbons (Fsp3) is 0.226. The van der Waals surface area contributed by atoms with Gasteiger partial charge in [-0.25, -0.2) is 0 Å². The van der Waals surface area contributed by atoms with E-state index in [1.54, 1.807) is 0 Å². The summed E-state index contributed by atoms with van der Waals surface area (Å²) in [6.45, 7) is 18.8. The molecule has 1 aliphatic carbocycles. The monoisotopic (exact) mass is 830 g/mol. The van der Waals surface area contributed by atoms with Crippen molar-refractivity contribution in [2.75, 3.05) is 9.80 Å². The Balaban J connectivity index is 1.29. The van der Waals surface area contributed by atoms with Gasteiger partial charge in [-0.1, -0.05) is 165 Å². The van der Waals surface area contributed by atoms with E-state index in [9.17, 15) is 0 Å². The van der Waals surface area contributed by atoms with Gasteiger partial charge in [0.25, 0.3) is 0 Å². The van der Waals surface area contributed by atoms with Gasteiger partial charge in [0.05, 0.1) is 22.7 Å². The normalized spacial score (nSPS) is 13.7. The first-order valence-electron chi connectivity index (χ1n) is 23.6. The average molecular weight is 831 g/mol. The second-order valence-corrected chi connectivity index (χ2v) is 20.0. The Bertz CT molecular complexity index is 3380. The summed E-state index contributed by atoms with van der Waals surface area (Å²) in [5.41, 5.74) is 14.2. The predicted octanol–water partition coefficient (Wildman–Crippen LogP) is 18.4. The standard InChI is InChI=1S/C62H58N2/c1-38(2)41-23-27-46(28-24-41)63(55-21-13-17-43-15-9-11-19-48(43)55)57-35-45-33-34-62(7,8)54-36-53-58(37-52(40(5)6)50-31-32-51(57)61(59(45)54)60(50)53)64(47-29-25-42(26-30-47)39(3)4)56-22-14-18-44-16-10-12-20-49(44)56/h9-32,35-40H,33-34H2,1-8H3. The van der Waals surface area contributed by atoms with Crippen molar-refractivity contribution in [3.63, 3.8) is 0 Å². The number of aryl methyl sites for hydroxylation is 1. The summed E-state index contributed by atoms with van der Waals surface area (Å²) in [4.78, 5) is 5.14. The van der Waals surface area contributed by atoms with Crippen molar-refractivity contribution in [3.8, 4) is 0 Å². The summed E-state index contributed by atoms with van der Waals surface area (Å²) in [5, 5.41) is 13.1. The van der Waals surface area contributed by atoms with Gasteiger partial charge in [0.1, 0.15) is 0 Å². The molecule has 0 unspecified atom stereocenters. The molecule has 2 nitrogen and oxygen atoms in total. The quantitative estimate of drug-likeness (QED) is 0.134. The van der Waals surface area contributed by atoms with E-state index in [0.29, 0.717) is 17.8 Å². The van der Waals surface area contributed by atoms with Crippen LogP contribution in [0.15, 0.2) is 164 Å². The van der Waals surface area contributed by atoms with E-state index in [1.165, 1.54) is 116 Å². The third-order valence-electron chi connectivity index (χ3n) is 14.6. The van der Waals surface area contributed by atoms with E-state index in [-0.39, 0.29) is 5.41 Å². The smallest absolute Gasteiger partial charge is 0.0543 e. The first kappa shape index (κ1) is 40.2. The van der Waals surface area contributed by atoms with Crippen LogP contribution in [0.3, 0.4) is 0 Å². The largest absolute Gasteiger partial charge is 0.309 e. The molecular formula is C62H58N2. The van der Waals surface area contributed by atoms with Gasteiger partial charge < -0.3 is 9.80 Å². The maximum atomic E-state index is 2.61. The minimum Gasteiger partial charge on any atom is -0.309 e. The van der Waals surface area contributed by atoms with Gasteiger partial charge in [-0.15, -0.1) is 0 Å². The molecule has 2 heteroatoms. The van der Waals surface area contributed by atoms with Crippen molar-refractivity contribution in [2.45, 2.75) is 91.4 Å². The lowest BCUT2D eigenvalue weighted by Gasteiger charge is -2.37. The minimum atomic E-state index is -0.0134. The number of hydrogen-bond acceptors (Lipinski definition) is 2. The van der Waals surface area contributed by atoms with Crippen LogP contribution in [-0.2, 0) is 11.8 Å². The van der Waals surface area contributed by atoms with Crippen LogP contribution in [0.1, 0.15) is 107 Å². The molecule has 316 valence electrons. The maximum Gasteiger partial charge on any atom is 0.0543 e. The number of anilines is 6. The highest BCUT2D eigenvalue weighted by Crippen LogP contribution is 2.55. The van der Waals surface area contributed by atoms with Gasteiger partial charge in [0.15, 0.2) is 0 Å². The van der Waals surface area contributed by atoms with Crippen molar-refractivity contribution in [1.82, 2.24) is 0 Å². The number of hydrogen-bond donors (Lipinski definition) is 0. The summed E-state index contributed by atoms with van der Waals surface area (Å²) in [6.07, 6.45) is 2.12. The van der Waals surface area contributed by atoms with E-state index < -0.39 is 0 Å². The molecule has 64 heavy (non-hydrogen) atoms. The molecule has 0 amide bonds. The highest BCUT2D eigenvalue weighted by Gasteiger charge is 2.34. The number of rotatable bonds is 9. The highest BCUT2D eigenvalue weighted by molar-refractivity contribution is 6.31. The van der Waals surface area contributed by atoms with Crippen LogP contribution in [0.2, 0.25) is 0 Å². The molecule has 10 aromatic carbocycles. The lowest BCUT2D eigenvalue weighted by atomic mass is 9.70. The van der Waals surface area contributed by atoms with Gasteiger partial charge in [-0.05, 0) is 145 Å². The molecule has 0 spiro atoms. The van der Waals surface area contributed by atoms with Gasteiger partial charge in [-0.3, -0.25) is 0 Å². The molecule has 0 saturated carbocycles. The zero-order valence-corrected chi connectivity index (χ0v) is 38.6. The molecular weight excluding hydrogens is 773 g/mol. The third-order valence-corrected chi connectivity index (χ3v) is 14.6. The summed E-state index contributed by atoms with van der Waals surface area (Å²) in [7, 11) is 0. The number of fused-ring (bicyclic) bond motifs is 2. The second kappa shape index (κ2) is 15.3. The Hall–Kier alpha value is -6.64. The Kier molecular flexibility index (Phi) is 9.58. The maximum absolute atomic E-state index is 2.61. The molecule has 10 aromatic rings. The van der Waals surface area contributed by atoms with Crippen molar-refractivity contribution in [3.05, 3.63) is 192 Å². The molecule has 0 bridgehead atoms. The predicted molar refractivity (Wildman–Crippen MR) is 278 cm³/mol. The summed E-state index contributed by atoms with van der Waals surface area (Å²) in [6, 6.07) is 62.7. The Morgan fingerprint density at radius 2 is 0.906 bits per heavy atom. The van der Waals surface area contributed by atoms with Crippen LogP contribution in [0.25, 0.3) is 53.9 Å². The van der Waals surface area contributed by atoms with Crippen LogP contribution in [0.4, 0.5) is 34.1 Å². The number of benzene rings is 10. The molecule has 0 aliphatic heterocycles. The topological polar surface area (TPSA) is 6.48 Å². The first-order valence-corrected chi connectivity index (χ1v) is 23.6. The van der Waals surface area contributed by atoms with E-state index in [1.807, 2.05) is 0 Å². The fourth-order valence-electron chi connectivity index (χ4n) is 11.0. The zero-order chi connectivity index (χ0) is 44.0. The molecule has 11 rings (SSSR count). The molecule has 0 saturated heterocycles. The van der Waals surface area contributed by atoms with Crippen molar-refractivity contribution in [2.24, 2.45) is 0 Å². The zero-order valence-electron chi connectivity index (χ0n) is 38.6. The van der Waals surface area contributed by atoms with Gasteiger partial charge in [-0.2, -0.15) is 0 Å². The lowest BCUT2D eigenvalue weighted by Crippen LogP contribution is -2.24. The van der Waals surface area contributed by atoms with E-state index in [2.05, 4.69) is 229 Å². The Morgan fingerprint density at radius 1 is 0.406 bits per heavy atom. The molecule has 0 N–H and O–H groups in total. The highest BCUT2D eigenvalue weighted by atomic mass is 15.2. The van der Waals surface area contributed by atoms with Crippen molar-refractivity contribution < 1.29 is 0 Å². The van der Waals surface area contributed by atoms with Crippen LogP contribution >= 0.6 is 0 Å². The van der Waals surface area contributed by atoms with Crippen LogP contribution in [0.5, 0.6) is 0 Å². The molecule has 0 atom stereocenters. The minimum absolute atomic E-state index is 0.0134. The Labute approximate surface area is 379 Å². The average Bonchev–Trinajstić information content (AvgIpc) is 3.30. The fourth-order valence-corrected chi connectivity index (χ4v) is 11.0. The SMILES string of the molecule is CC(C)c1ccc(N(c2cccc3ccccc23)c2cc(C(C)C)c3ccc4c(N(c5ccc(C(C)C)cc5)c5cccc6ccccc56)cc5c6c(cc2c3c46)C(C)(C)CC5)cc1. The van der Waals surface area contributed by atoms with E-state index in [0.717, 1.165) is 12.8 Å². The van der Waals surface area contributed by atoms with Crippen LogP contribution in [-0.4, -0.2) is 0 Å². The van der Waals surface area contributed by atoms with Gasteiger partial charge in [0, 0.05) is 38.3 Å².